The molecule has 6 aromatic rings. The first kappa shape index (κ1) is 34.2. The third-order valence-corrected chi connectivity index (χ3v) is 8.46. The maximum atomic E-state index is 13.5. The molecule has 50 heavy (non-hydrogen) atoms. The van der Waals surface area contributed by atoms with Crippen LogP contribution in [-0.2, 0) is 49.1 Å². The minimum absolute atomic E-state index is 0.0392. The number of aromatic nitrogens is 3. The second-order valence-corrected chi connectivity index (χ2v) is 12.5. The molecule has 0 bridgehead atoms. The lowest BCUT2D eigenvalue weighted by molar-refractivity contribution is 0.0224. The fourth-order valence-corrected chi connectivity index (χ4v) is 5.64. The van der Waals surface area contributed by atoms with Crippen molar-refractivity contribution in [2.75, 3.05) is 12.1 Å². The van der Waals surface area contributed by atoms with Gasteiger partial charge in [-0.1, -0.05) is 96.2 Å². The van der Waals surface area contributed by atoms with E-state index in [9.17, 15) is 9.36 Å². The second-order valence-electron chi connectivity index (χ2n) is 10.8. The Hall–Kier alpha value is -5.65. The quantitative estimate of drug-likeness (QED) is 0.0772. The van der Waals surface area contributed by atoms with Crippen molar-refractivity contribution in [1.29, 1.82) is 0 Å². The Balaban J connectivity index is 1.02. The summed E-state index contributed by atoms with van der Waals surface area (Å²) in [5, 5.41) is 6.78. The van der Waals surface area contributed by atoms with Gasteiger partial charge in [0.15, 0.2) is 5.76 Å². The number of benzene rings is 3. The Morgan fingerprint density at radius 2 is 1.32 bits per heavy atom. The number of rotatable bonds is 16. The highest BCUT2D eigenvalue weighted by Crippen LogP contribution is 2.51. The lowest BCUT2D eigenvalue weighted by Crippen LogP contribution is -2.17. The van der Waals surface area contributed by atoms with Crippen molar-refractivity contribution in [1.82, 2.24) is 15.1 Å². The van der Waals surface area contributed by atoms with Gasteiger partial charge in [0.05, 0.1) is 24.5 Å². The van der Waals surface area contributed by atoms with E-state index in [-0.39, 0.29) is 19.0 Å². The SMILES string of the molecule is O=C(Nc1ncccc1-c1cc(Cc2ccc(COc3ccccn3)cc2)no1)OCOP(=O)(OCc1ccccc1)OCc1ccccc1. The van der Waals surface area contributed by atoms with E-state index in [0.29, 0.717) is 35.9 Å². The summed E-state index contributed by atoms with van der Waals surface area (Å²) >= 11 is 0. The summed E-state index contributed by atoms with van der Waals surface area (Å²) in [7, 11) is -4.14. The number of hydrogen-bond acceptors (Lipinski definition) is 11. The standard InChI is InChI=1S/C37H33N4O8P/c42-37(45-27-48-50(43,46-25-29-10-3-1-4-11-29)47-26-30-12-5-2-6-13-30)40-36-33(14-9-21-39-36)34-23-32(41-49-34)22-28-16-18-31(19-17-28)24-44-35-15-7-8-20-38-35/h1-21,23H,22,24-27H2,(H,39,40,42). The summed E-state index contributed by atoms with van der Waals surface area (Å²) in [6.07, 6.45) is 2.81. The lowest BCUT2D eigenvalue weighted by atomic mass is 10.1. The normalized spacial score (nSPS) is 11.2. The molecule has 254 valence electrons. The fourth-order valence-electron chi connectivity index (χ4n) is 4.62. The van der Waals surface area contributed by atoms with Crippen molar-refractivity contribution in [2.45, 2.75) is 26.2 Å². The smallest absolute Gasteiger partial charge is 0.473 e. The number of phosphoric ester groups is 1. The van der Waals surface area contributed by atoms with Crippen molar-refractivity contribution >= 4 is 19.7 Å². The molecule has 0 radical (unpaired) electrons. The Morgan fingerprint density at radius 1 is 0.680 bits per heavy atom. The summed E-state index contributed by atoms with van der Waals surface area (Å²) in [4.78, 5) is 21.2. The van der Waals surface area contributed by atoms with Crippen molar-refractivity contribution in [3.63, 3.8) is 0 Å². The summed E-state index contributed by atoms with van der Waals surface area (Å²) in [5.41, 5.74) is 4.72. The van der Waals surface area contributed by atoms with Gasteiger partial charge in [-0.3, -0.25) is 14.4 Å². The first-order valence-corrected chi connectivity index (χ1v) is 17.1. The number of anilines is 1. The van der Waals surface area contributed by atoms with E-state index >= 15 is 0 Å². The van der Waals surface area contributed by atoms with Gasteiger partial charge < -0.3 is 14.0 Å². The van der Waals surface area contributed by atoms with E-state index in [0.717, 1.165) is 22.3 Å². The van der Waals surface area contributed by atoms with Gasteiger partial charge in [-0.25, -0.2) is 23.9 Å². The predicted octanol–water partition coefficient (Wildman–Crippen LogP) is 8.37. The zero-order chi connectivity index (χ0) is 34.4. The van der Waals surface area contributed by atoms with Gasteiger partial charge >= 0.3 is 13.9 Å². The number of ether oxygens (including phenoxy) is 2. The van der Waals surface area contributed by atoms with Gasteiger partial charge in [-0.2, -0.15) is 0 Å². The number of hydrogen-bond donors (Lipinski definition) is 1. The van der Waals surface area contributed by atoms with E-state index in [2.05, 4.69) is 20.4 Å². The molecule has 6 rings (SSSR count). The van der Waals surface area contributed by atoms with Crippen LogP contribution in [0.5, 0.6) is 5.88 Å². The van der Waals surface area contributed by atoms with E-state index in [1.807, 2.05) is 103 Å². The highest BCUT2D eigenvalue weighted by molar-refractivity contribution is 7.48. The molecule has 0 aliphatic heterocycles. The fraction of sp³-hybridized carbons (Fsp3) is 0.135. The molecule has 0 unspecified atom stereocenters. The molecule has 12 nitrogen and oxygen atoms in total. The van der Waals surface area contributed by atoms with Gasteiger partial charge in [-0.15, -0.1) is 0 Å². The van der Waals surface area contributed by atoms with Gasteiger partial charge in [0, 0.05) is 30.9 Å². The molecule has 1 N–H and O–H groups in total. The lowest BCUT2D eigenvalue weighted by Gasteiger charge is -2.18. The second kappa shape index (κ2) is 17.1. The molecule has 13 heteroatoms. The van der Waals surface area contributed by atoms with Gasteiger partial charge in [0.25, 0.3) is 0 Å². The predicted molar refractivity (Wildman–Crippen MR) is 184 cm³/mol. The highest BCUT2D eigenvalue weighted by Gasteiger charge is 2.28. The van der Waals surface area contributed by atoms with Crippen LogP contribution in [0.4, 0.5) is 10.6 Å². The first-order valence-electron chi connectivity index (χ1n) is 15.6. The van der Waals surface area contributed by atoms with E-state index < -0.39 is 20.7 Å². The minimum Gasteiger partial charge on any atom is -0.473 e. The van der Waals surface area contributed by atoms with Gasteiger partial charge in [0.1, 0.15) is 12.4 Å². The maximum absolute atomic E-state index is 13.5. The van der Waals surface area contributed by atoms with Crippen molar-refractivity contribution < 1.29 is 36.9 Å². The largest absolute Gasteiger partial charge is 0.478 e. The van der Waals surface area contributed by atoms with Crippen LogP contribution in [0.25, 0.3) is 11.3 Å². The topological polar surface area (TPSA) is 144 Å². The Labute approximate surface area is 288 Å². The number of nitrogens with one attached hydrogen (secondary N) is 1. The number of amides is 1. The number of carbonyl (C=O) groups is 1. The average molecular weight is 693 g/mol. The molecule has 0 saturated heterocycles. The van der Waals surface area contributed by atoms with Crippen molar-refractivity contribution in [3.8, 4) is 17.2 Å². The molecule has 0 fully saturated rings. The summed E-state index contributed by atoms with van der Waals surface area (Å²) in [6, 6.07) is 37.0. The summed E-state index contributed by atoms with van der Waals surface area (Å²) in [6.45, 7) is -0.388. The van der Waals surface area contributed by atoms with Crippen LogP contribution < -0.4 is 10.1 Å². The number of nitrogens with zero attached hydrogens (tertiary/aromatic N) is 3. The molecule has 0 atom stereocenters. The minimum atomic E-state index is -4.14. The Kier molecular flexibility index (Phi) is 11.7. The molecule has 3 aromatic carbocycles. The van der Waals surface area contributed by atoms with E-state index in [1.54, 1.807) is 24.4 Å². The van der Waals surface area contributed by atoms with Gasteiger partial charge in [-0.05, 0) is 40.5 Å². The zero-order valence-corrected chi connectivity index (χ0v) is 27.7. The maximum Gasteiger partial charge on any atom is 0.478 e. The molecule has 0 aliphatic carbocycles. The molecule has 0 saturated carbocycles. The zero-order valence-electron chi connectivity index (χ0n) is 26.8. The van der Waals surface area contributed by atoms with Crippen LogP contribution in [-0.4, -0.2) is 28.0 Å². The van der Waals surface area contributed by atoms with Crippen LogP contribution in [0.3, 0.4) is 0 Å². The van der Waals surface area contributed by atoms with Crippen LogP contribution >= 0.6 is 7.82 Å². The summed E-state index contributed by atoms with van der Waals surface area (Å²) < 4.78 is 46.4. The summed E-state index contributed by atoms with van der Waals surface area (Å²) in [5.74, 6) is 1.13. The first-order chi connectivity index (χ1) is 24.5. The average Bonchev–Trinajstić information content (AvgIpc) is 3.62. The highest BCUT2D eigenvalue weighted by atomic mass is 31.2. The Morgan fingerprint density at radius 3 is 2.00 bits per heavy atom. The van der Waals surface area contributed by atoms with Gasteiger partial charge in [0.2, 0.25) is 12.7 Å². The number of pyridine rings is 2. The van der Waals surface area contributed by atoms with Crippen molar-refractivity contribution in [2.24, 2.45) is 0 Å². The monoisotopic (exact) mass is 692 g/mol. The molecule has 1 amide bonds. The van der Waals surface area contributed by atoms with Crippen LogP contribution in [0.2, 0.25) is 0 Å². The number of phosphoric acid groups is 1. The van der Waals surface area contributed by atoms with Crippen molar-refractivity contribution in [3.05, 3.63) is 162 Å². The molecule has 0 aliphatic rings. The third kappa shape index (κ3) is 10.2. The van der Waals surface area contributed by atoms with E-state index in [1.165, 1.54) is 6.20 Å². The van der Waals surface area contributed by atoms with Crippen LogP contribution in [0.15, 0.2) is 138 Å². The molecule has 0 spiro atoms. The third-order valence-electron chi connectivity index (χ3n) is 7.15. The van der Waals surface area contributed by atoms with Crippen LogP contribution in [0.1, 0.15) is 27.9 Å². The Bertz CT molecular complexity index is 1950. The molecule has 3 aromatic heterocycles. The van der Waals surface area contributed by atoms with E-state index in [4.69, 9.17) is 27.6 Å². The molecule has 3 heterocycles. The molecular formula is C37H33N4O8P. The number of carbonyl (C=O) groups excluding carboxylic acids is 1. The molecular weight excluding hydrogens is 659 g/mol. The van der Waals surface area contributed by atoms with Crippen LogP contribution in [0, 0.1) is 0 Å².